The van der Waals surface area contributed by atoms with Crippen LogP contribution in [0.4, 0.5) is 0 Å². The molecular formula is C12H24O2. The van der Waals surface area contributed by atoms with E-state index in [9.17, 15) is 4.79 Å². The van der Waals surface area contributed by atoms with Crippen molar-refractivity contribution >= 4 is 5.97 Å². The third-order valence-electron chi connectivity index (χ3n) is 1.72. The van der Waals surface area contributed by atoms with Crippen LogP contribution in [0.15, 0.2) is 12.7 Å². The van der Waals surface area contributed by atoms with E-state index in [1.165, 1.54) is 6.92 Å². The predicted molar refractivity (Wildman–Crippen MR) is 61.2 cm³/mol. The number of rotatable bonds is 6. The Morgan fingerprint density at radius 2 is 2.07 bits per heavy atom. The Bertz CT molecular complexity index is 141. The lowest BCUT2D eigenvalue weighted by Gasteiger charge is -2.12. The quantitative estimate of drug-likeness (QED) is 0.484. The van der Waals surface area contributed by atoms with Crippen LogP contribution in [0.25, 0.3) is 0 Å². The molecule has 0 aromatic rings. The smallest absolute Gasteiger partial charge is 0.302 e. The molecule has 0 amide bonds. The Morgan fingerprint density at radius 3 is 2.43 bits per heavy atom. The van der Waals surface area contributed by atoms with Crippen molar-refractivity contribution in [3.05, 3.63) is 12.7 Å². The second-order valence-corrected chi connectivity index (χ2v) is 2.98. The molecule has 0 spiro atoms. The Balaban J connectivity index is 0. The van der Waals surface area contributed by atoms with Crippen molar-refractivity contribution in [1.29, 1.82) is 0 Å². The van der Waals surface area contributed by atoms with Crippen LogP contribution >= 0.6 is 0 Å². The van der Waals surface area contributed by atoms with Gasteiger partial charge in [-0.15, -0.1) is 6.58 Å². The predicted octanol–water partition coefficient (Wildman–Crippen LogP) is 3.57. The van der Waals surface area contributed by atoms with Crippen molar-refractivity contribution in [2.24, 2.45) is 5.92 Å². The SMILES string of the molecule is C=CCC(CCC)COC(C)=O.CC. The van der Waals surface area contributed by atoms with Crippen LogP contribution in [0.2, 0.25) is 0 Å². The molecule has 0 saturated carbocycles. The first-order valence-electron chi connectivity index (χ1n) is 5.45. The normalized spacial score (nSPS) is 10.9. The maximum atomic E-state index is 10.5. The van der Waals surface area contributed by atoms with E-state index in [1.54, 1.807) is 0 Å². The summed E-state index contributed by atoms with van der Waals surface area (Å²) < 4.78 is 4.92. The maximum absolute atomic E-state index is 10.5. The van der Waals surface area contributed by atoms with Gasteiger partial charge in [-0.2, -0.15) is 0 Å². The van der Waals surface area contributed by atoms with Crippen LogP contribution in [0, 0.1) is 5.92 Å². The molecule has 0 aliphatic carbocycles. The summed E-state index contributed by atoms with van der Waals surface area (Å²) >= 11 is 0. The van der Waals surface area contributed by atoms with Gasteiger partial charge in [0.1, 0.15) is 0 Å². The van der Waals surface area contributed by atoms with Gasteiger partial charge < -0.3 is 4.74 Å². The molecule has 2 heteroatoms. The molecule has 0 N–H and O–H groups in total. The second-order valence-electron chi connectivity index (χ2n) is 2.98. The van der Waals surface area contributed by atoms with Crippen LogP contribution in [0.3, 0.4) is 0 Å². The highest BCUT2D eigenvalue weighted by atomic mass is 16.5. The highest BCUT2D eigenvalue weighted by Crippen LogP contribution is 2.11. The lowest BCUT2D eigenvalue weighted by Crippen LogP contribution is -2.11. The van der Waals surface area contributed by atoms with E-state index in [4.69, 9.17) is 4.74 Å². The maximum Gasteiger partial charge on any atom is 0.302 e. The zero-order valence-corrected chi connectivity index (χ0v) is 10.0. The molecule has 14 heavy (non-hydrogen) atoms. The summed E-state index contributed by atoms with van der Waals surface area (Å²) in [4.78, 5) is 10.5. The number of ether oxygens (including phenoxy) is 1. The zero-order valence-electron chi connectivity index (χ0n) is 10.0. The molecule has 0 rings (SSSR count). The van der Waals surface area contributed by atoms with Crippen molar-refractivity contribution in [1.82, 2.24) is 0 Å². The highest BCUT2D eigenvalue weighted by Gasteiger charge is 2.06. The van der Waals surface area contributed by atoms with Gasteiger partial charge in [0, 0.05) is 6.92 Å². The fourth-order valence-electron chi connectivity index (χ4n) is 1.15. The number of hydrogen-bond donors (Lipinski definition) is 0. The molecule has 84 valence electrons. The van der Waals surface area contributed by atoms with Crippen LogP contribution in [-0.2, 0) is 9.53 Å². The van der Waals surface area contributed by atoms with E-state index in [0.29, 0.717) is 12.5 Å². The highest BCUT2D eigenvalue weighted by molar-refractivity contribution is 5.65. The number of allylic oxidation sites excluding steroid dienone is 1. The molecule has 0 aromatic carbocycles. The van der Waals surface area contributed by atoms with Gasteiger partial charge in [-0.1, -0.05) is 33.3 Å². The van der Waals surface area contributed by atoms with E-state index in [1.807, 2.05) is 19.9 Å². The minimum absolute atomic E-state index is 0.194. The molecule has 0 fully saturated rings. The van der Waals surface area contributed by atoms with Gasteiger partial charge in [0.2, 0.25) is 0 Å². The molecule has 2 nitrogen and oxygen atoms in total. The third kappa shape index (κ3) is 11.2. The third-order valence-corrected chi connectivity index (χ3v) is 1.72. The molecule has 0 saturated heterocycles. The van der Waals surface area contributed by atoms with Crippen LogP contribution < -0.4 is 0 Å². The average Bonchev–Trinajstić information content (AvgIpc) is 2.18. The van der Waals surface area contributed by atoms with Gasteiger partial charge in [-0.3, -0.25) is 4.79 Å². The monoisotopic (exact) mass is 200 g/mol. The minimum atomic E-state index is -0.194. The molecule has 0 heterocycles. The van der Waals surface area contributed by atoms with Crippen LogP contribution in [0.5, 0.6) is 0 Å². The summed E-state index contributed by atoms with van der Waals surface area (Å²) in [5.41, 5.74) is 0. The van der Waals surface area contributed by atoms with Gasteiger partial charge in [0.25, 0.3) is 0 Å². The van der Waals surface area contributed by atoms with Gasteiger partial charge in [0.15, 0.2) is 0 Å². The fourth-order valence-corrected chi connectivity index (χ4v) is 1.15. The van der Waals surface area contributed by atoms with E-state index in [-0.39, 0.29) is 5.97 Å². The van der Waals surface area contributed by atoms with E-state index in [2.05, 4.69) is 13.5 Å². The Kier molecular flexibility index (Phi) is 13.7. The van der Waals surface area contributed by atoms with Crippen molar-refractivity contribution in [2.75, 3.05) is 6.61 Å². The Hall–Kier alpha value is -0.790. The van der Waals surface area contributed by atoms with Gasteiger partial charge in [-0.05, 0) is 18.8 Å². The van der Waals surface area contributed by atoms with Crippen LogP contribution in [-0.4, -0.2) is 12.6 Å². The molecular weight excluding hydrogens is 176 g/mol. The number of carbonyl (C=O) groups is 1. The number of carbonyl (C=O) groups excluding carboxylic acids is 1. The van der Waals surface area contributed by atoms with E-state index >= 15 is 0 Å². The van der Waals surface area contributed by atoms with Crippen molar-refractivity contribution < 1.29 is 9.53 Å². The standard InChI is InChI=1S/C10H18O2.C2H6/c1-4-6-10(7-5-2)8-12-9(3)11;1-2/h4,10H,1,5-8H2,2-3H3;1-2H3. The summed E-state index contributed by atoms with van der Waals surface area (Å²) in [5.74, 6) is 0.261. The van der Waals surface area contributed by atoms with Gasteiger partial charge in [-0.25, -0.2) is 0 Å². The topological polar surface area (TPSA) is 26.3 Å². The lowest BCUT2D eigenvalue weighted by molar-refractivity contribution is -0.142. The van der Waals surface area contributed by atoms with Gasteiger partial charge in [0.05, 0.1) is 6.61 Å². The zero-order chi connectivity index (χ0) is 11.4. The van der Waals surface area contributed by atoms with E-state index in [0.717, 1.165) is 19.3 Å². The van der Waals surface area contributed by atoms with Crippen molar-refractivity contribution in [3.63, 3.8) is 0 Å². The van der Waals surface area contributed by atoms with E-state index < -0.39 is 0 Å². The summed E-state index contributed by atoms with van der Waals surface area (Å²) in [6.45, 7) is 11.8. The molecule has 1 atom stereocenters. The first kappa shape index (κ1) is 15.7. The fraction of sp³-hybridized carbons (Fsp3) is 0.750. The molecule has 0 aliphatic heterocycles. The van der Waals surface area contributed by atoms with Gasteiger partial charge >= 0.3 is 5.97 Å². The second kappa shape index (κ2) is 12.2. The summed E-state index contributed by atoms with van der Waals surface area (Å²) in [5, 5.41) is 0. The first-order chi connectivity index (χ1) is 6.70. The number of esters is 1. The average molecular weight is 200 g/mol. The Morgan fingerprint density at radius 1 is 1.50 bits per heavy atom. The summed E-state index contributed by atoms with van der Waals surface area (Å²) in [6, 6.07) is 0. The molecule has 0 aliphatic rings. The summed E-state index contributed by atoms with van der Waals surface area (Å²) in [6.07, 6.45) is 5.03. The van der Waals surface area contributed by atoms with Crippen molar-refractivity contribution in [2.45, 2.75) is 47.0 Å². The van der Waals surface area contributed by atoms with Crippen LogP contribution in [0.1, 0.15) is 47.0 Å². The number of hydrogen-bond acceptors (Lipinski definition) is 2. The molecule has 0 radical (unpaired) electrons. The molecule has 0 aromatic heterocycles. The molecule has 0 bridgehead atoms. The first-order valence-corrected chi connectivity index (χ1v) is 5.45. The largest absolute Gasteiger partial charge is 0.466 e. The summed E-state index contributed by atoms with van der Waals surface area (Å²) in [7, 11) is 0. The molecule has 1 unspecified atom stereocenters. The van der Waals surface area contributed by atoms with Crippen molar-refractivity contribution in [3.8, 4) is 0 Å². The lowest BCUT2D eigenvalue weighted by atomic mass is 10.0. The Labute approximate surface area is 88.3 Å². The minimum Gasteiger partial charge on any atom is -0.466 e.